The molecule has 0 bridgehead atoms. The van der Waals surface area contributed by atoms with Crippen LogP contribution in [0.1, 0.15) is 11.0 Å². The lowest BCUT2D eigenvalue weighted by Crippen LogP contribution is -2.04. The zero-order valence-corrected chi connectivity index (χ0v) is 26.2. The zero-order chi connectivity index (χ0) is 40.0. The number of para-hydroxylation sites is 3. The maximum absolute atomic E-state index is 9.18. The van der Waals surface area contributed by atoms with Crippen molar-refractivity contribution < 1.29 is 15.4 Å². The molecule has 0 aliphatic rings. The third-order valence-corrected chi connectivity index (χ3v) is 8.92. The van der Waals surface area contributed by atoms with Gasteiger partial charge in [0.25, 0.3) is 0 Å². The van der Waals surface area contributed by atoms with Crippen LogP contribution in [0.3, 0.4) is 0 Å². The second-order valence-corrected chi connectivity index (χ2v) is 11.9. The lowest BCUT2D eigenvalue weighted by molar-refractivity contribution is 0.669. The van der Waals surface area contributed by atoms with Gasteiger partial charge in [0, 0.05) is 38.2 Å². The minimum absolute atomic E-state index is 0.00804. The number of rotatable bonds is 5. The van der Waals surface area contributed by atoms with Gasteiger partial charge in [-0.05, 0) is 53.5 Å². The highest BCUT2D eigenvalue weighted by atomic mass is 16.3. The molecule has 5 nitrogen and oxygen atoms in total. The first-order valence-electron chi connectivity index (χ1n) is 20.0. The number of hydrogen-bond acceptors (Lipinski definition) is 4. The molecule has 234 valence electrons. The fourth-order valence-corrected chi connectivity index (χ4v) is 6.59. The summed E-state index contributed by atoms with van der Waals surface area (Å²) in [6.45, 7) is 0. The fraction of sp³-hybridized carbons (Fsp3) is 0. The number of furan rings is 1. The van der Waals surface area contributed by atoms with E-state index in [-0.39, 0.29) is 27.6 Å². The average Bonchev–Trinajstić information content (AvgIpc) is 3.83. The quantitative estimate of drug-likeness (QED) is 0.186. The Bertz CT molecular complexity index is 3200. The van der Waals surface area contributed by atoms with E-state index >= 15 is 0 Å². The Morgan fingerprint density at radius 1 is 0.440 bits per heavy atom. The number of hydrogen-bond donors (Lipinski definition) is 0. The topological polar surface area (TPSA) is 56.7 Å². The maximum atomic E-state index is 9.18. The summed E-state index contributed by atoms with van der Waals surface area (Å²) in [6, 6.07) is 34.5. The van der Waals surface area contributed by atoms with E-state index in [0.717, 1.165) is 38.6 Å². The molecule has 0 aliphatic carbocycles. The molecule has 0 N–H and O–H groups in total. The van der Waals surface area contributed by atoms with Crippen LogP contribution in [0.15, 0.2) is 174 Å². The Morgan fingerprint density at radius 2 is 0.980 bits per heavy atom. The SMILES string of the molecule is [2H]c1c([2H])c([2H])c2c(c1[2H])c1c([2H])c([2H])c([2H])c([2H])c1n2-c1ccc(-c2ccc3c(c2)oc2ccccc23)cc1-c1nc(-c2ccccc2)nc(-c2ccccc2)n1. The van der Waals surface area contributed by atoms with Crippen molar-refractivity contribution >= 4 is 43.7 Å². The predicted octanol–water partition coefficient (Wildman–Crippen LogP) is 11.5. The molecule has 50 heavy (non-hydrogen) atoms. The molecule has 0 amide bonds. The van der Waals surface area contributed by atoms with Crippen molar-refractivity contribution in [1.29, 1.82) is 0 Å². The van der Waals surface area contributed by atoms with Crippen molar-refractivity contribution in [3.8, 4) is 51.0 Å². The maximum Gasteiger partial charge on any atom is 0.166 e. The molecule has 0 radical (unpaired) electrons. The summed E-state index contributed by atoms with van der Waals surface area (Å²) in [5.41, 5.74) is 5.20. The van der Waals surface area contributed by atoms with Gasteiger partial charge in [0.05, 0.1) is 27.7 Å². The van der Waals surface area contributed by atoms with Crippen LogP contribution >= 0.6 is 0 Å². The van der Waals surface area contributed by atoms with Crippen LogP contribution < -0.4 is 0 Å². The predicted molar refractivity (Wildman–Crippen MR) is 203 cm³/mol. The monoisotopic (exact) mass is 648 g/mol. The van der Waals surface area contributed by atoms with Crippen LogP contribution in [-0.4, -0.2) is 19.5 Å². The first-order chi connectivity index (χ1) is 28.1. The van der Waals surface area contributed by atoms with Crippen molar-refractivity contribution in [2.24, 2.45) is 0 Å². The largest absolute Gasteiger partial charge is 0.456 e. The molecule has 0 fully saturated rings. The van der Waals surface area contributed by atoms with Crippen LogP contribution in [0, 0.1) is 0 Å². The Kier molecular flexibility index (Phi) is 4.83. The van der Waals surface area contributed by atoms with Crippen LogP contribution in [-0.2, 0) is 0 Å². The highest BCUT2D eigenvalue weighted by molar-refractivity contribution is 6.10. The molecule has 10 rings (SSSR count). The second-order valence-electron chi connectivity index (χ2n) is 11.9. The average molecular weight is 649 g/mol. The molecule has 3 aromatic heterocycles. The van der Waals surface area contributed by atoms with E-state index in [9.17, 15) is 2.74 Å². The summed E-state index contributed by atoms with van der Waals surface area (Å²) in [4.78, 5) is 14.9. The van der Waals surface area contributed by atoms with E-state index in [2.05, 4.69) is 0 Å². The van der Waals surface area contributed by atoms with E-state index in [1.54, 1.807) is 6.07 Å². The first-order valence-corrected chi connectivity index (χ1v) is 16.0. The van der Waals surface area contributed by atoms with Gasteiger partial charge in [-0.15, -0.1) is 0 Å². The molecule has 0 spiro atoms. The van der Waals surface area contributed by atoms with E-state index in [4.69, 9.17) is 27.6 Å². The molecule has 7 aromatic carbocycles. The van der Waals surface area contributed by atoms with E-state index in [0.29, 0.717) is 28.5 Å². The van der Waals surface area contributed by atoms with Crippen LogP contribution in [0.4, 0.5) is 0 Å². The van der Waals surface area contributed by atoms with E-state index in [1.165, 1.54) is 4.57 Å². The Balaban J connectivity index is 1.34. The van der Waals surface area contributed by atoms with Gasteiger partial charge in [0.15, 0.2) is 17.5 Å². The van der Waals surface area contributed by atoms with Gasteiger partial charge >= 0.3 is 0 Å². The van der Waals surface area contributed by atoms with Crippen molar-refractivity contribution in [2.45, 2.75) is 0 Å². The second kappa shape index (κ2) is 11.4. The van der Waals surface area contributed by atoms with Crippen molar-refractivity contribution in [3.63, 3.8) is 0 Å². The first kappa shape index (κ1) is 21.2. The lowest BCUT2D eigenvalue weighted by atomic mass is 9.99. The van der Waals surface area contributed by atoms with Crippen LogP contribution in [0.2, 0.25) is 0 Å². The van der Waals surface area contributed by atoms with Gasteiger partial charge < -0.3 is 8.98 Å². The molecule has 3 heterocycles. The number of fused-ring (bicyclic) bond motifs is 6. The van der Waals surface area contributed by atoms with Gasteiger partial charge in [-0.1, -0.05) is 127 Å². The highest BCUT2D eigenvalue weighted by Crippen LogP contribution is 2.39. The molecular formula is C45H28N4O. The van der Waals surface area contributed by atoms with Crippen molar-refractivity contribution in [1.82, 2.24) is 19.5 Å². The fourth-order valence-electron chi connectivity index (χ4n) is 6.59. The summed E-state index contributed by atoms with van der Waals surface area (Å²) in [7, 11) is 0. The molecule has 0 atom stereocenters. The van der Waals surface area contributed by atoms with Gasteiger partial charge in [0.2, 0.25) is 0 Å². The minimum Gasteiger partial charge on any atom is -0.456 e. The molecule has 0 aliphatic heterocycles. The molecule has 0 saturated heterocycles. The summed E-state index contributed by atoms with van der Waals surface area (Å²) >= 11 is 0. The number of aromatic nitrogens is 4. The third-order valence-electron chi connectivity index (χ3n) is 8.92. The standard InChI is InChI=1S/C45H28N4O/c1-3-13-29(14-4-1)43-46-44(30-15-5-2-6-16-30)48-45(47-43)37-27-31(32-23-25-36-35-19-9-12-22-41(35)50-42(36)28-32)24-26-40(37)49-38-20-10-7-17-33(38)34-18-8-11-21-39(34)49/h1-28H/i7D,8D,10D,11D,17D,18D,20D,21D. The van der Waals surface area contributed by atoms with Gasteiger partial charge in [0.1, 0.15) is 11.2 Å². The summed E-state index contributed by atoms with van der Waals surface area (Å²) in [5.74, 6) is 0.997. The van der Waals surface area contributed by atoms with Crippen LogP contribution in [0.25, 0.3) is 94.7 Å². The molecule has 10 aromatic rings. The van der Waals surface area contributed by atoms with Gasteiger partial charge in [-0.25, -0.2) is 15.0 Å². The molecule has 0 unspecified atom stereocenters. The Morgan fingerprint density at radius 3 is 1.66 bits per heavy atom. The third kappa shape index (κ3) is 4.60. The van der Waals surface area contributed by atoms with E-state index < -0.39 is 48.3 Å². The zero-order valence-electron chi connectivity index (χ0n) is 34.2. The normalized spacial score (nSPS) is 13.8. The van der Waals surface area contributed by atoms with Gasteiger partial charge in [-0.3, -0.25) is 0 Å². The molecular weight excluding hydrogens is 613 g/mol. The minimum atomic E-state index is -0.516. The van der Waals surface area contributed by atoms with Crippen molar-refractivity contribution in [2.75, 3.05) is 0 Å². The summed E-state index contributed by atoms with van der Waals surface area (Å²) in [5, 5.41) is 1.91. The van der Waals surface area contributed by atoms with Crippen molar-refractivity contribution in [3.05, 3.63) is 170 Å². The summed E-state index contributed by atoms with van der Waals surface area (Å²) in [6.07, 6.45) is 0. The number of benzene rings is 7. The van der Waals surface area contributed by atoms with E-state index in [1.807, 2.05) is 115 Å². The molecule has 5 heteroatoms. The lowest BCUT2D eigenvalue weighted by Gasteiger charge is -2.16. The Labute approximate surface area is 299 Å². The summed E-state index contributed by atoms with van der Waals surface area (Å²) < 4.78 is 78.6. The number of nitrogens with zero attached hydrogens (tertiary/aromatic N) is 4. The smallest absolute Gasteiger partial charge is 0.166 e. The van der Waals surface area contributed by atoms with Gasteiger partial charge in [-0.2, -0.15) is 0 Å². The molecule has 0 saturated carbocycles. The highest BCUT2D eigenvalue weighted by Gasteiger charge is 2.20. The van der Waals surface area contributed by atoms with Crippen LogP contribution in [0.5, 0.6) is 0 Å². The Hall–Kier alpha value is -6.85.